The topological polar surface area (TPSA) is 166 Å². The Kier molecular flexibility index (Phi) is 7.30. The Morgan fingerprint density at radius 2 is 1.69 bits per heavy atom. The summed E-state index contributed by atoms with van der Waals surface area (Å²) in [5.41, 5.74) is 3.42. The molecule has 3 aromatic carbocycles. The minimum absolute atomic E-state index is 0.0426. The summed E-state index contributed by atoms with van der Waals surface area (Å²) in [6, 6.07) is 14.1. The first-order valence-electron chi connectivity index (χ1n) is 10.0. The van der Waals surface area contributed by atoms with Gasteiger partial charge in [0.15, 0.2) is 0 Å². The van der Waals surface area contributed by atoms with Crippen LogP contribution in [0.4, 0.5) is 22.7 Å². The number of nitro benzene ring substituents is 2. The molecular formula is C22H21N5O7S. The van der Waals surface area contributed by atoms with Crippen LogP contribution < -0.4 is 14.9 Å². The summed E-state index contributed by atoms with van der Waals surface area (Å²) >= 11 is 0. The normalized spacial score (nSPS) is 11.6. The van der Waals surface area contributed by atoms with Gasteiger partial charge >= 0.3 is 0 Å². The first kappa shape index (κ1) is 25.1. The molecule has 0 atom stereocenters. The summed E-state index contributed by atoms with van der Waals surface area (Å²) in [5.74, 6) is 0.255. The van der Waals surface area contributed by atoms with Crippen molar-refractivity contribution in [2.45, 2.75) is 18.7 Å². The molecule has 0 aliphatic rings. The summed E-state index contributed by atoms with van der Waals surface area (Å²) in [4.78, 5) is 20.9. The maximum Gasteiger partial charge on any atom is 0.272 e. The van der Waals surface area contributed by atoms with Crippen molar-refractivity contribution < 1.29 is 23.0 Å². The fourth-order valence-corrected chi connectivity index (χ4v) is 4.35. The molecule has 35 heavy (non-hydrogen) atoms. The minimum atomic E-state index is -4.32. The van der Waals surface area contributed by atoms with Crippen LogP contribution in [-0.2, 0) is 10.0 Å². The lowest BCUT2D eigenvalue weighted by Crippen LogP contribution is -2.16. The van der Waals surface area contributed by atoms with Crippen molar-refractivity contribution in [2.24, 2.45) is 5.10 Å². The number of non-ortho nitro benzene ring substituents is 1. The molecule has 0 heterocycles. The predicted molar refractivity (Wildman–Crippen MR) is 131 cm³/mol. The van der Waals surface area contributed by atoms with Crippen LogP contribution >= 0.6 is 0 Å². The standard InChI is InChI=1S/C22H21N5O7S/c1-14-8-9-16(12-20(14)27(30)31)15(2)23-24-19-11-10-17(26(28)29)13-22(19)35(32,33)25-18-6-4-5-7-21(18)34-3/h4-13,24-25H,1-3H3. The lowest BCUT2D eigenvalue weighted by molar-refractivity contribution is -0.385. The lowest BCUT2D eigenvalue weighted by Gasteiger charge is -2.14. The molecule has 0 aliphatic heterocycles. The second kappa shape index (κ2) is 10.2. The summed E-state index contributed by atoms with van der Waals surface area (Å²) in [5, 5.41) is 26.7. The van der Waals surface area contributed by atoms with Gasteiger partial charge in [-0.05, 0) is 32.0 Å². The third-order valence-electron chi connectivity index (χ3n) is 4.98. The Balaban J connectivity index is 2.01. The number of nitrogens with zero attached hydrogens (tertiary/aromatic N) is 3. The number of hydrogen-bond donors (Lipinski definition) is 2. The van der Waals surface area contributed by atoms with E-state index < -0.39 is 30.5 Å². The van der Waals surface area contributed by atoms with E-state index in [1.807, 2.05) is 0 Å². The molecule has 0 bridgehead atoms. The van der Waals surface area contributed by atoms with E-state index in [4.69, 9.17) is 4.74 Å². The molecule has 0 saturated carbocycles. The van der Waals surface area contributed by atoms with Crippen LogP contribution in [0.5, 0.6) is 5.75 Å². The second-order valence-corrected chi connectivity index (χ2v) is 8.96. The monoisotopic (exact) mass is 499 g/mol. The van der Waals surface area contributed by atoms with Gasteiger partial charge in [-0.3, -0.25) is 30.4 Å². The maximum absolute atomic E-state index is 13.2. The third kappa shape index (κ3) is 5.70. The van der Waals surface area contributed by atoms with Gasteiger partial charge in [0.1, 0.15) is 10.6 Å². The quantitative estimate of drug-likeness (QED) is 0.247. The van der Waals surface area contributed by atoms with Gasteiger partial charge in [-0.15, -0.1) is 0 Å². The molecule has 2 N–H and O–H groups in total. The molecule has 0 amide bonds. The molecule has 13 heteroatoms. The average molecular weight is 500 g/mol. The van der Waals surface area contributed by atoms with Crippen LogP contribution in [0.3, 0.4) is 0 Å². The fourth-order valence-electron chi connectivity index (χ4n) is 3.11. The Bertz CT molecular complexity index is 1440. The largest absolute Gasteiger partial charge is 0.495 e. The van der Waals surface area contributed by atoms with Crippen molar-refractivity contribution in [3.8, 4) is 5.75 Å². The molecule has 12 nitrogen and oxygen atoms in total. The van der Waals surface area contributed by atoms with Gasteiger partial charge in [0.05, 0.1) is 34.0 Å². The van der Waals surface area contributed by atoms with Crippen LogP contribution in [0.1, 0.15) is 18.1 Å². The van der Waals surface area contributed by atoms with E-state index in [0.717, 1.165) is 12.1 Å². The Labute approximate surface area is 200 Å². The highest BCUT2D eigenvalue weighted by Gasteiger charge is 2.24. The number of nitrogens with one attached hydrogen (secondary N) is 2. The Morgan fingerprint density at radius 3 is 2.34 bits per heavy atom. The minimum Gasteiger partial charge on any atom is -0.495 e. The highest BCUT2D eigenvalue weighted by Crippen LogP contribution is 2.31. The van der Waals surface area contributed by atoms with E-state index in [0.29, 0.717) is 16.8 Å². The van der Waals surface area contributed by atoms with E-state index >= 15 is 0 Å². The number of methoxy groups -OCH3 is 1. The van der Waals surface area contributed by atoms with Crippen LogP contribution in [0.25, 0.3) is 0 Å². The number of hydrazone groups is 1. The van der Waals surface area contributed by atoms with E-state index in [2.05, 4.69) is 15.2 Å². The molecule has 0 fully saturated rings. The molecular weight excluding hydrogens is 478 g/mol. The van der Waals surface area contributed by atoms with E-state index in [1.54, 1.807) is 44.2 Å². The molecule has 3 aromatic rings. The molecule has 0 aliphatic carbocycles. The van der Waals surface area contributed by atoms with Crippen molar-refractivity contribution in [3.63, 3.8) is 0 Å². The Morgan fingerprint density at radius 1 is 0.971 bits per heavy atom. The third-order valence-corrected chi connectivity index (χ3v) is 6.39. The number of sulfonamides is 1. The Hall–Kier alpha value is -4.52. The molecule has 0 aromatic heterocycles. The van der Waals surface area contributed by atoms with Crippen LogP contribution in [0, 0.1) is 27.2 Å². The van der Waals surface area contributed by atoms with Crippen molar-refractivity contribution in [2.75, 3.05) is 17.3 Å². The average Bonchev–Trinajstić information content (AvgIpc) is 2.82. The van der Waals surface area contributed by atoms with E-state index in [1.165, 1.54) is 25.3 Å². The smallest absolute Gasteiger partial charge is 0.272 e. The van der Waals surface area contributed by atoms with Crippen molar-refractivity contribution >= 4 is 38.5 Å². The number of rotatable bonds is 9. The molecule has 3 rings (SSSR count). The summed E-state index contributed by atoms with van der Waals surface area (Å²) in [6.07, 6.45) is 0. The molecule has 0 radical (unpaired) electrons. The van der Waals surface area contributed by atoms with Gasteiger partial charge in [0, 0.05) is 29.3 Å². The number of hydrogen-bond acceptors (Lipinski definition) is 9. The van der Waals surface area contributed by atoms with Crippen molar-refractivity contribution in [1.82, 2.24) is 0 Å². The number of aryl methyl sites for hydroxylation is 1. The highest BCUT2D eigenvalue weighted by molar-refractivity contribution is 7.93. The first-order chi connectivity index (χ1) is 16.5. The van der Waals surface area contributed by atoms with Crippen LogP contribution in [-0.4, -0.2) is 31.1 Å². The predicted octanol–water partition coefficient (Wildman–Crippen LogP) is 4.46. The molecule has 0 unspecified atom stereocenters. The number of para-hydroxylation sites is 2. The van der Waals surface area contributed by atoms with Gasteiger partial charge in [-0.1, -0.05) is 24.3 Å². The van der Waals surface area contributed by atoms with E-state index in [9.17, 15) is 28.6 Å². The lowest BCUT2D eigenvalue weighted by atomic mass is 10.1. The zero-order valence-corrected chi connectivity index (χ0v) is 19.7. The van der Waals surface area contributed by atoms with E-state index in [-0.39, 0.29) is 22.8 Å². The second-order valence-electron chi connectivity index (χ2n) is 7.31. The first-order valence-corrected chi connectivity index (χ1v) is 11.5. The zero-order chi connectivity index (χ0) is 25.8. The van der Waals surface area contributed by atoms with Crippen molar-refractivity contribution in [1.29, 1.82) is 0 Å². The SMILES string of the molecule is COc1ccccc1NS(=O)(=O)c1cc([N+](=O)[O-])ccc1NN=C(C)c1ccc(C)c([N+](=O)[O-])c1. The van der Waals surface area contributed by atoms with Crippen LogP contribution in [0.15, 0.2) is 70.7 Å². The maximum atomic E-state index is 13.2. The fraction of sp³-hybridized carbons (Fsp3) is 0.136. The van der Waals surface area contributed by atoms with Gasteiger partial charge in [0.2, 0.25) is 0 Å². The van der Waals surface area contributed by atoms with Crippen molar-refractivity contribution in [3.05, 3.63) is 92.0 Å². The van der Waals surface area contributed by atoms with Gasteiger partial charge < -0.3 is 4.74 Å². The summed E-state index contributed by atoms with van der Waals surface area (Å²) in [7, 11) is -2.95. The van der Waals surface area contributed by atoms with Gasteiger partial charge in [-0.25, -0.2) is 8.42 Å². The zero-order valence-electron chi connectivity index (χ0n) is 18.9. The number of benzene rings is 3. The van der Waals surface area contributed by atoms with Gasteiger partial charge in [-0.2, -0.15) is 5.10 Å². The van der Waals surface area contributed by atoms with Gasteiger partial charge in [0.25, 0.3) is 21.4 Å². The summed E-state index contributed by atoms with van der Waals surface area (Å²) in [6.45, 7) is 3.18. The number of anilines is 2. The molecule has 0 spiro atoms. The highest BCUT2D eigenvalue weighted by atomic mass is 32.2. The number of ether oxygens (including phenoxy) is 1. The van der Waals surface area contributed by atoms with Crippen LogP contribution in [0.2, 0.25) is 0 Å². The summed E-state index contributed by atoms with van der Waals surface area (Å²) < 4.78 is 33.9. The number of nitro groups is 2. The molecule has 182 valence electrons. The molecule has 0 saturated heterocycles.